The van der Waals surface area contributed by atoms with Crippen LogP contribution < -0.4 is 10.6 Å². The molecule has 1 heterocycles. The third-order valence-corrected chi connectivity index (χ3v) is 5.84. The van der Waals surface area contributed by atoms with Crippen molar-refractivity contribution in [3.8, 4) is 0 Å². The maximum absolute atomic E-state index is 13.6. The molecule has 0 spiro atoms. The molecular weight excluding hydrogens is 365 g/mol. The SMILES string of the molecule is CCNC(=NCC(C)(C)c1cccc(F)c1)NCC(C(C)C)N1CCN(C)CC1. The second-order valence-electron chi connectivity index (χ2n) is 9.12. The Morgan fingerprint density at radius 1 is 1.17 bits per heavy atom. The smallest absolute Gasteiger partial charge is 0.191 e. The van der Waals surface area contributed by atoms with Crippen molar-refractivity contribution in [1.82, 2.24) is 20.4 Å². The summed E-state index contributed by atoms with van der Waals surface area (Å²) in [5.74, 6) is 1.20. The fraction of sp³-hybridized carbons (Fsp3) is 0.696. The van der Waals surface area contributed by atoms with Crippen LogP contribution in [-0.4, -0.2) is 74.7 Å². The predicted molar refractivity (Wildman–Crippen MR) is 121 cm³/mol. The van der Waals surface area contributed by atoms with Crippen molar-refractivity contribution in [3.63, 3.8) is 0 Å². The van der Waals surface area contributed by atoms with Gasteiger partial charge in [0.1, 0.15) is 5.82 Å². The van der Waals surface area contributed by atoms with Crippen molar-refractivity contribution in [2.45, 2.75) is 46.1 Å². The second-order valence-corrected chi connectivity index (χ2v) is 9.12. The molecule has 1 unspecified atom stereocenters. The molecule has 0 aromatic heterocycles. The lowest BCUT2D eigenvalue weighted by Gasteiger charge is -2.40. The zero-order valence-electron chi connectivity index (χ0n) is 19.1. The summed E-state index contributed by atoms with van der Waals surface area (Å²) >= 11 is 0. The first-order valence-corrected chi connectivity index (χ1v) is 10.9. The predicted octanol–water partition coefficient (Wildman–Crippen LogP) is 2.93. The van der Waals surface area contributed by atoms with Gasteiger partial charge in [0, 0.05) is 50.7 Å². The van der Waals surface area contributed by atoms with Crippen LogP contribution in [0.25, 0.3) is 0 Å². The van der Waals surface area contributed by atoms with E-state index in [9.17, 15) is 4.39 Å². The molecule has 6 heteroatoms. The Kier molecular flexibility index (Phi) is 8.90. The first-order valence-electron chi connectivity index (χ1n) is 10.9. The van der Waals surface area contributed by atoms with Crippen LogP contribution in [0.1, 0.15) is 40.2 Å². The molecule has 0 radical (unpaired) electrons. The van der Waals surface area contributed by atoms with Gasteiger partial charge < -0.3 is 15.5 Å². The Hall–Kier alpha value is -1.66. The number of likely N-dealkylation sites (N-methyl/N-ethyl adjacent to an activating group) is 1. The number of rotatable bonds is 8. The quantitative estimate of drug-likeness (QED) is 0.516. The van der Waals surface area contributed by atoms with E-state index in [1.165, 1.54) is 6.07 Å². The molecule has 29 heavy (non-hydrogen) atoms. The van der Waals surface area contributed by atoms with Crippen molar-refractivity contribution in [1.29, 1.82) is 0 Å². The van der Waals surface area contributed by atoms with Gasteiger partial charge in [0.25, 0.3) is 0 Å². The number of aliphatic imine (C=N–C) groups is 1. The molecule has 1 aliphatic heterocycles. The highest BCUT2D eigenvalue weighted by Crippen LogP contribution is 2.24. The zero-order valence-corrected chi connectivity index (χ0v) is 19.1. The van der Waals surface area contributed by atoms with Gasteiger partial charge in [-0.2, -0.15) is 0 Å². The molecule has 1 fully saturated rings. The minimum atomic E-state index is -0.237. The van der Waals surface area contributed by atoms with Gasteiger partial charge in [-0.05, 0) is 37.6 Å². The van der Waals surface area contributed by atoms with Crippen molar-refractivity contribution in [2.75, 3.05) is 52.9 Å². The summed E-state index contributed by atoms with van der Waals surface area (Å²) in [6.07, 6.45) is 0. The second kappa shape index (κ2) is 10.9. The van der Waals surface area contributed by atoms with E-state index < -0.39 is 0 Å². The zero-order chi connectivity index (χ0) is 21.4. The Bertz CT molecular complexity index is 650. The minimum absolute atomic E-state index is 0.198. The topological polar surface area (TPSA) is 42.9 Å². The fourth-order valence-electron chi connectivity index (χ4n) is 3.76. The number of nitrogens with one attached hydrogen (secondary N) is 2. The molecule has 0 bridgehead atoms. The molecule has 1 aromatic carbocycles. The highest BCUT2D eigenvalue weighted by molar-refractivity contribution is 5.79. The van der Waals surface area contributed by atoms with Crippen LogP contribution in [0.2, 0.25) is 0 Å². The Morgan fingerprint density at radius 3 is 2.45 bits per heavy atom. The molecule has 0 aliphatic carbocycles. The molecule has 1 aliphatic rings. The number of halogens is 1. The lowest BCUT2D eigenvalue weighted by Crippen LogP contribution is -2.55. The third-order valence-electron chi connectivity index (χ3n) is 5.84. The average Bonchev–Trinajstić information content (AvgIpc) is 2.67. The van der Waals surface area contributed by atoms with E-state index in [0.717, 1.165) is 50.8 Å². The van der Waals surface area contributed by atoms with Gasteiger partial charge >= 0.3 is 0 Å². The summed E-state index contributed by atoms with van der Waals surface area (Å²) in [6.45, 7) is 17.6. The van der Waals surface area contributed by atoms with E-state index in [1.54, 1.807) is 12.1 Å². The van der Waals surface area contributed by atoms with Crippen LogP contribution in [-0.2, 0) is 5.41 Å². The molecule has 1 aromatic rings. The van der Waals surface area contributed by atoms with E-state index in [0.29, 0.717) is 18.5 Å². The van der Waals surface area contributed by atoms with Crippen LogP contribution in [0.5, 0.6) is 0 Å². The van der Waals surface area contributed by atoms with Gasteiger partial charge in [0.2, 0.25) is 0 Å². The van der Waals surface area contributed by atoms with Gasteiger partial charge in [-0.25, -0.2) is 4.39 Å². The van der Waals surface area contributed by atoms with E-state index in [4.69, 9.17) is 4.99 Å². The monoisotopic (exact) mass is 405 g/mol. The summed E-state index contributed by atoms with van der Waals surface area (Å²) in [6, 6.07) is 7.31. The highest BCUT2D eigenvalue weighted by atomic mass is 19.1. The van der Waals surface area contributed by atoms with Crippen molar-refractivity contribution < 1.29 is 4.39 Å². The van der Waals surface area contributed by atoms with Crippen LogP contribution in [0, 0.1) is 11.7 Å². The number of nitrogens with zero attached hydrogens (tertiary/aromatic N) is 3. The highest BCUT2D eigenvalue weighted by Gasteiger charge is 2.25. The van der Waals surface area contributed by atoms with Crippen LogP contribution in [0.4, 0.5) is 4.39 Å². The summed E-state index contributed by atoms with van der Waals surface area (Å²) in [7, 11) is 2.19. The van der Waals surface area contributed by atoms with Crippen molar-refractivity contribution in [2.24, 2.45) is 10.9 Å². The summed E-state index contributed by atoms with van der Waals surface area (Å²) < 4.78 is 13.6. The molecule has 164 valence electrons. The first-order chi connectivity index (χ1) is 13.7. The molecule has 0 saturated carbocycles. The van der Waals surface area contributed by atoms with Crippen molar-refractivity contribution in [3.05, 3.63) is 35.6 Å². The van der Waals surface area contributed by atoms with Gasteiger partial charge in [-0.3, -0.25) is 9.89 Å². The molecule has 5 nitrogen and oxygen atoms in total. The number of piperazine rings is 1. The van der Waals surface area contributed by atoms with Gasteiger partial charge in [-0.1, -0.05) is 39.8 Å². The molecule has 2 rings (SSSR count). The van der Waals surface area contributed by atoms with Crippen molar-refractivity contribution >= 4 is 5.96 Å². The molecule has 0 amide bonds. The number of hydrogen-bond donors (Lipinski definition) is 2. The average molecular weight is 406 g/mol. The molecular formula is C23H40FN5. The Morgan fingerprint density at radius 2 is 1.86 bits per heavy atom. The summed E-state index contributed by atoms with van der Waals surface area (Å²) in [4.78, 5) is 9.81. The van der Waals surface area contributed by atoms with Gasteiger partial charge in [0.15, 0.2) is 5.96 Å². The maximum atomic E-state index is 13.6. The normalized spacial score (nSPS) is 18.1. The van der Waals surface area contributed by atoms with E-state index in [-0.39, 0.29) is 11.2 Å². The minimum Gasteiger partial charge on any atom is -0.357 e. The molecule has 1 saturated heterocycles. The number of guanidine groups is 1. The first kappa shape index (κ1) is 23.6. The van der Waals surface area contributed by atoms with E-state index >= 15 is 0 Å². The van der Waals surface area contributed by atoms with E-state index in [1.807, 2.05) is 6.07 Å². The van der Waals surface area contributed by atoms with Gasteiger partial charge in [0.05, 0.1) is 6.54 Å². The molecule has 2 N–H and O–H groups in total. The standard InChI is InChI=1S/C23H40FN5/c1-7-25-22(27-17-23(4,5)19-9-8-10-20(24)15-19)26-16-21(18(2)3)29-13-11-28(6)12-14-29/h8-10,15,18,21H,7,11-14,16-17H2,1-6H3,(H2,25,26,27). The van der Waals surface area contributed by atoms with Gasteiger partial charge in [-0.15, -0.1) is 0 Å². The van der Waals surface area contributed by atoms with Crippen LogP contribution in [0.3, 0.4) is 0 Å². The third kappa shape index (κ3) is 7.27. The largest absolute Gasteiger partial charge is 0.357 e. The lowest BCUT2D eigenvalue weighted by molar-refractivity contribution is 0.0900. The van der Waals surface area contributed by atoms with Crippen LogP contribution >= 0.6 is 0 Å². The molecule has 1 atom stereocenters. The Balaban J connectivity index is 2.02. The maximum Gasteiger partial charge on any atom is 0.191 e. The summed E-state index contributed by atoms with van der Waals surface area (Å²) in [5, 5.41) is 6.92. The van der Waals surface area contributed by atoms with E-state index in [2.05, 4.69) is 62.1 Å². The fourth-order valence-corrected chi connectivity index (χ4v) is 3.76. The number of hydrogen-bond acceptors (Lipinski definition) is 3. The lowest BCUT2D eigenvalue weighted by atomic mass is 9.85. The summed E-state index contributed by atoms with van der Waals surface area (Å²) in [5.41, 5.74) is 0.730. The number of benzene rings is 1. The van der Waals surface area contributed by atoms with Crippen LogP contribution in [0.15, 0.2) is 29.3 Å². The Labute approximate surface area is 176 Å².